The number of hydrogen-bond donors (Lipinski definition) is 1. The van der Waals surface area contributed by atoms with E-state index in [0.29, 0.717) is 35.8 Å². The first-order chi connectivity index (χ1) is 13.3. The summed E-state index contributed by atoms with van der Waals surface area (Å²) in [7, 11) is 1.62. The van der Waals surface area contributed by atoms with Gasteiger partial charge in [0.1, 0.15) is 11.3 Å². The van der Waals surface area contributed by atoms with Gasteiger partial charge in [-0.1, -0.05) is 13.8 Å². The number of carbonyl (C=O) groups excluding carboxylic acids is 1. The summed E-state index contributed by atoms with van der Waals surface area (Å²) < 4.78 is 12.3. The molecular weight excluding hydrogens is 362 g/mol. The summed E-state index contributed by atoms with van der Waals surface area (Å²) in [5.41, 5.74) is 0.685. The van der Waals surface area contributed by atoms with Crippen molar-refractivity contribution in [1.29, 1.82) is 0 Å². The molecule has 1 unspecified atom stereocenters. The van der Waals surface area contributed by atoms with Crippen LogP contribution in [0.5, 0.6) is 5.75 Å². The fraction of sp³-hybridized carbons (Fsp3) is 0.381. The van der Waals surface area contributed by atoms with E-state index in [1.807, 2.05) is 13.8 Å². The van der Waals surface area contributed by atoms with Crippen molar-refractivity contribution >= 4 is 11.8 Å². The van der Waals surface area contributed by atoms with Crippen LogP contribution in [0.25, 0.3) is 11.3 Å². The lowest BCUT2D eigenvalue weighted by Gasteiger charge is -2.32. The average Bonchev–Trinajstić information content (AvgIpc) is 2.65. The van der Waals surface area contributed by atoms with E-state index in [2.05, 4.69) is 0 Å². The standard InChI is InChI=1S/C21H23NO6/c1-12(2)19-20(24)15-9-13(28-8-4-7-27-3)5-6-14(15)17-10-18(23)16(21(25)26)11-22(17)19/h5-6,9-12,19H,4,7-8H2,1-3H3,(H,25,26). The quantitative estimate of drug-likeness (QED) is 0.736. The Morgan fingerprint density at radius 3 is 2.57 bits per heavy atom. The fourth-order valence-corrected chi connectivity index (χ4v) is 3.50. The van der Waals surface area contributed by atoms with Gasteiger partial charge in [-0.3, -0.25) is 9.59 Å². The van der Waals surface area contributed by atoms with Crippen molar-refractivity contribution in [2.45, 2.75) is 26.3 Å². The summed E-state index contributed by atoms with van der Waals surface area (Å²) in [5.74, 6) is -0.945. The monoisotopic (exact) mass is 385 g/mol. The molecule has 2 heterocycles. The molecule has 7 heteroatoms. The third-order valence-electron chi connectivity index (χ3n) is 4.80. The molecule has 1 N–H and O–H groups in total. The van der Waals surface area contributed by atoms with Gasteiger partial charge in [-0.05, 0) is 24.1 Å². The minimum absolute atomic E-state index is 0.0881. The predicted octanol–water partition coefficient (Wildman–Crippen LogP) is 3.02. The number of aromatic carboxylic acids is 1. The minimum atomic E-state index is -1.30. The fourth-order valence-electron chi connectivity index (χ4n) is 3.50. The van der Waals surface area contributed by atoms with Gasteiger partial charge in [0.15, 0.2) is 11.2 Å². The summed E-state index contributed by atoms with van der Waals surface area (Å²) >= 11 is 0. The number of fused-ring (bicyclic) bond motifs is 3. The van der Waals surface area contributed by atoms with Crippen LogP contribution in [0.4, 0.5) is 0 Å². The molecule has 0 saturated carbocycles. The molecule has 0 aliphatic carbocycles. The number of aromatic nitrogens is 1. The normalized spacial score (nSPS) is 15.3. The highest BCUT2D eigenvalue weighted by molar-refractivity contribution is 6.07. The van der Waals surface area contributed by atoms with Crippen molar-refractivity contribution in [1.82, 2.24) is 4.57 Å². The number of methoxy groups -OCH3 is 1. The molecule has 7 nitrogen and oxygen atoms in total. The van der Waals surface area contributed by atoms with Crippen LogP contribution < -0.4 is 10.2 Å². The third kappa shape index (κ3) is 3.57. The van der Waals surface area contributed by atoms with Crippen LogP contribution >= 0.6 is 0 Å². The average molecular weight is 385 g/mol. The number of ketones is 1. The molecule has 0 saturated heterocycles. The maximum absolute atomic E-state index is 13.2. The highest BCUT2D eigenvalue weighted by atomic mass is 16.5. The lowest BCUT2D eigenvalue weighted by atomic mass is 9.86. The van der Waals surface area contributed by atoms with Crippen LogP contribution in [0.2, 0.25) is 0 Å². The van der Waals surface area contributed by atoms with Gasteiger partial charge < -0.3 is 19.1 Å². The molecule has 0 spiro atoms. The number of rotatable bonds is 7. The number of Topliss-reactive ketones (excluding diaryl/α,β-unsaturated/α-hetero) is 1. The van der Waals surface area contributed by atoms with Gasteiger partial charge in [0, 0.05) is 43.5 Å². The Morgan fingerprint density at radius 2 is 1.93 bits per heavy atom. The summed E-state index contributed by atoms with van der Waals surface area (Å²) in [6.07, 6.45) is 2.01. The van der Waals surface area contributed by atoms with Crippen LogP contribution in [-0.2, 0) is 4.74 Å². The molecule has 0 fully saturated rings. The Labute approximate surface area is 162 Å². The first-order valence-electron chi connectivity index (χ1n) is 9.15. The lowest BCUT2D eigenvalue weighted by molar-refractivity contribution is 0.0692. The Morgan fingerprint density at radius 1 is 1.18 bits per heavy atom. The molecule has 3 rings (SSSR count). The molecule has 2 aromatic rings. The lowest BCUT2D eigenvalue weighted by Crippen LogP contribution is -2.32. The van der Waals surface area contributed by atoms with Crippen LogP contribution in [0, 0.1) is 5.92 Å². The Bertz CT molecular complexity index is 975. The predicted molar refractivity (Wildman–Crippen MR) is 103 cm³/mol. The first-order valence-corrected chi connectivity index (χ1v) is 9.15. The molecule has 0 radical (unpaired) electrons. The van der Waals surface area contributed by atoms with E-state index in [9.17, 15) is 19.5 Å². The van der Waals surface area contributed by atoms with Gasteiger partial charge in [-0.2, -0.15) is 0 Å². The molecule has 0 bridgehead atoms. The molecule has 1 aliphatic rings. The number of carboxylic acid groups (broad SMARTS) is 1. The number of carbonyl (C=O) groups is 2. The number of pyridine rings is 1. The highest BCUT2D eigenvalue weighted by Gasteiger charge is 2.34. The van der Waals surface area contributed by atoms with Crippen molar-refractivity contribution in [2.24, 2.45) is 5.92 Å². The van der Waals surface area contributed by atoms with Crippen molar-refractivity contribution in [2.75, 3.05) is 20.3 Å². The number of benzene rings is 1. The zero-order valence-corrected chi connectivity index (χ0v) is 16.1. The van der Waals surface area contributed by atoms with Gasteiger partial charge in [-0.25, -0.2) is 4.79 Å². The second kappa shape index (κ2) is 7.98. The molecule has 1 atom stereocenters. The zero-order chi connectivity index (χ0) is 20.4. The SMILES string of the molecule is COCCCOc1ccc2c(c1)C(=O)C(C(C)C)n1cc(C(=O)O)c(=O)cc1-2. The molecule has 1 aromatic carbocycles. The van der Waals surface area contributed by atoms with Crippen molar-refractivity contribution in [3.63, 3.8) is 0 Å². The Kier molecular flexibility index (Phi) is 5.65. The zero-order valence-electron chi connectivity index (χ0n) is 16.1. The molecule has 28 heavy (non-hydrogen) atoms. The third-order valence-corrected chi connectivity index (χ3v) is 4.80. The van der Waals surface area contributed by atoms with E-state index in [4.69, 9.17) is 9.47 Å². The number of ether oxygens (including phenoxy) is 2. The van der Waals surface area contributed by atoms with Gasteiger partial charge in [0.05, 0.1) is 18.3 Å². The number of carboxylic acids is 1. The van der Waals surface area contributed by atoms with E-state index in [1.165, 1.54) is 12.3 Å². The van der Waals surface area contributed by atoms with E-state index in [1.54, 1.807) is 29.9 Å². The van der Waals surface area contributed by atoms with Crippen molar-refractivity contribution in [3.05, 3.63) is 51.8 Å². The number of hydrogen-bond acceptors (Lipinski definition) is 5. The van der Waals surface area contributed by atoms with Crippen LogP contribution in [0.1, 0.15) is 47.0 Å². The second-order valence-corrected chi connectivity index (χ2v) is 7.10. The van der Waals surface area contributed by atoms with Gasteiger partial charge in [0.2, 0.25) is 0 Å². The van der Waals surface area contributed by atoms with Crippen LogP contribution in [-0.4, -0.2) is 41.7 Å². The summed E-state index contributed by atoms with van der Waals surface area (Å²) in [6.45, 7) is 4.83. The summed E-state index contributed by atoms with van der Waals surface area (Å²) in [5, 5.41) is 9.29. The van der Waals surface area contributed by atoms with Crippen LogP contribution in [0.3, 0.4) is 0 Å². The maximum atomic E-state index is 13.2. The molecule has 148 valence electrons. The molecular formula is C21H23NO6. The smallest absolute Gasteiger partial charge is 0.341 e. The maximum Gasteiger partial charge on any atom is 0.341 e. The highest BCUT2D eigenvalue weighted by Crippen LogP contribution is 2.38. The van der Waals surface area contributed by atoms with Crippen molar-refractivity contribution in [3.8, 4) is 17.0 Å². The van der Waals surface area contributed by atoms with E-state index in [0.717, 1.165) is 6.42 Å². The van der Waals surface area contributed by atoms with Gasteiger partial charge >= 0.3 is 5.97 Å². The van der Waals surface area contributed by atoms with Crippen LogP contribution in [0.15, 0.2) is 35.3 Å². The Hall–Kier alpha value is -2.93. The van der Waals surface area contributed by atoms with Gasteiger partial charge in [0.25, 0.3) is 0 Å². The van der Waals surface area contributed by atoms with Gasteiger partial charge in [-0.15, -0.1) is 0 Å². The van der Waals surface area contributed by atoms with E-state index >= 15 is 0 Å². The molecule has 1 aromatic heterocycles. The minimum Gasteiger partial charge on any atom is -0.493 e. The summed E-state index contributed by atoms with van der Waals surface area (Å²) in [6, 6.07) is 5.88. The molecule has 1 aliphatic heterocycles. The topological polar surface area (TPSA) is 94.8 Å². The van der Waals surface area contributed by atoms with Crippen molar-refractivity contribution < 1.29 is 24.2 Å². The second-order valence-electron chi connectivity index (χ2n) is 7.10. The van der Waals surface area contributed by atoms with E-state index < -0.39 is 17.4 Å². The van der Waals surface area contributed by atoms with E-state index in [-0.39, 0.29) is 17.3 Å². The Balaban J connectivity index is 2.09. The largest absolute Gasteiger partial charge is 0.493 e. The molecule has 0 amide bonds. The first kappa shape index (κ1) is 19.8. The summed E-state index contributed by atoms with van der Waals surface area (Å²) in [4.78, 5) is 36.8. The number of nitrogens with zero attached hydrogens (tertiary/aromatic N) is 1.